The summed E-state index contributed by atoms with van der Waals surface area (Å²) in [5.41, 5.74) is 2.04. The summed E-state index contributed by atoms with van der Waals surface area (Å²) < 4.78 is 40.3. The Labute approximate surface area is 162 Å². The second-order valence-corrected chi connectivity index (χ2v) is 6.51. The number of aromatic nitrogens is 2. The van der Waals surface area contributed by atoms with Gasteiger partial charge in [-0.15, -0.1) is 24.5 Å². The molecule has 1 aromatic carbocycles. The van der Waals surface area contributed by atoms with Crippen molar-refractivity contribution in [3.8, 4) is 5.75 Å². The van der Waals surface area contributed by atoms with Gasteiger partial charge in [-0.2, -0.15) is 0 Å². The smallest absolute Gasteiger partial charge is 0.406 e. The van der Waals surface area contributed by atoms with Crippen LogP contribution in [0.2, 0.25) is 0 Å². The largest absolute Gasteiger partial charge is 0.573 e. The molecule has 146 valence electrons. The average molecular weight is 408 g/mol. The number of rotatable bonds is 7. The van der Waals surface area contributed by atoms with Gasteiger partial charge in [0.1, 0.15) is 5.75 Å². The first-order valence-electron chi connectivity index (χ1n) is 8.10. The number of halogens is 3. The first-order valence-corrected chi connectivity index (χ1v) is 8.98. The standard InChI is InChI=1S/C18H15F3N4O2S/c19-18(20,21)27-15-5-3-13(4-6-15)24-17-25-14(11-28-17)8-16(26)23-10-12-2-1-7-22-9-12/h1-7,9,11H,8,10H2,(H,23,26)(H,24,25). The van der Waals surface area contributed by atoms with Crippen molar-refractivity contribution in [2.45, 2.75) is 19.3 Å². The first kappa shape index (κ1) is 19.6. The molecule has 10 heteroatoms. The van der Waals surface area contributed by atoms with Crippen LogP contribution in [0.5, 0.6) is 5.75 Å². The molecule has 2 heterocycles. The Kier molecular flexibility index (Phi) is 6.09. The Hall–Kier alpha value is -3.14. The highest BCUT2D eigenvalue weighted by molar-refractivity contribution is 7.13. The van der Waals surface area contributed by atoms with E-state index in [1.54, 1.807) is 23.8 Å². The number of nitrogens with one attached hydrogen (secondary N) is 2. The molecule has 0 saturated carbocycles. The number of alkyl halides is 3. The van der Waals surface area contributed by atoms with Gasteiger partial charge in [0.25, 0.3) is 0 Å². The number of ether oxygens (including phenoxy) is 1. The quantitative estimate of drug-likeness (QED) is 0.617. The number of carbonyl (C=O) groups is 1. The minimum atomic E-state index is -4.73. The summed E-state index contributed by atoms with van der Waals surface area (Å²) in [6.45, 7) is 0.383. The number of nitrogens with zero attached hydrogens (tertiary/aromatic N) is 2. The minimum absolute atomic E-state index is 0.122. The number of amides is 1. The average Bonchev–Trinajstić information content (AvgIpc) is 3.08. The molecule has 2 N–H and O–H groups in total. The summed E-state index contributed by atoms with van der Waals surface area (Å²) in [4.78, 5) is 20.3. The van der Waals surface area contributed by atoms with Crippen molar-refractivity contribution in [3.63, 3.8) is 0 Å². The van der Waals surface area contributed by atoms with Gasteiger partial charge in [-0.25, -0.2) is 4.98 Å². The zero-order chi connectivity index (χ0) is 20.0. The summed E-state index contributed by atoms with van der Waals surface area (Å²) >= 11 is 1.29. The molecule has 28 heavy (non-hydrogen) atoms. The third-order valence-electron chi connectivity index (χ3n) is 3.45. The van der Waals surface area contributed by atoms with E-state index in [-0.39, 0.29) is 18.1 Å². The van der Waals surface area contributed by atoms with Crippen LogP contribution in [0.15, 0.2) is 54.2 Å². The van der Waals surface area contributed by atoms with E-state index in [4.69, 9.17) is 0 Å². The van der Waals surface area contributed by atoms with Crippen LogP contribution in [0, 0.1) is 0 Å². The van der Waals surface area contributed by atoms with E-state index in [0.29, 0.717) is 23.1 Å². The Morgan fingerprint density at radius 3 is 2.64 bits per heavy atom. The predicted octanol–water partition coefficient (Wildman–Crippen LogP) is 4.04. The van der Waals surface area contributed by atoms with Crippen molar-refractivity contribution in [3.05, 3.63) is 65.4 Å². The van der Waals surface area contributed by atoms with Gasteiger partial charge in [-0.05, 0) is 35.9 Å². The predicted molar refractivity (Wildman–Crippen MR) is 98.3 cm³/mol. The lowest BCUT2D eigenvalue weighted by molar-refractivity contribution is -0.274. The number of carbonyl (C=O) groups excluding carboxylic acids is 1. The van der Waals surface area contributed by atoms with Crippen LogP contribution in [0.4, 0.5) is 24.0 Å². The summed E-state index contributed by atoms with van der Waals surface area (Å²) in [5.74, 6) is -0.475. The van der Waals surface area contributed by atoms with Crippen LogP contribution in [0.3, 0.4) is 0 Å². The molecule has 0 unspecified atom stereocenters. The van der Waals surface area contributed by atoms with E-state index < -0.39 is 6.36 Å². The maximum absolute atomic E-state index is 12.2. The van der Waals surface area contributed by atoms with Gasteiger partial charge in [0.05, 0.1) is 12.1 Å². The van der Waals surface area contributed by atoms with E-state index in [0.717, 1.165) is 5.56 Å². The van der Waals surface area contributed by atoms with Crippen molar-refractivity contribution >= 4 is 28.1 Å². The molecule has 0 aliphatic carbocycles. The molecular formula is C18H15F3N4O2S. The van der Waals surface area contributed by atoms with Gasteiger partial charge in [-0.3, -0.25) is 9.78 Å². The molecule has 0 atom stereocenters. The maximum atomic E-state index is 12.2. The van der Waals surface area contributed by atoms with Crippen molar-refractivity contribution in [1.29, 1.82) is 0 Å². The van der Waals surface area contributed by atoms with Crippen LogP contribution in [0.1, 0.15) is 11.3 Å². The molecular weight excluding hydrogens is 393 g/mol. The highest BCUT2D eigenvalue weighted by atomic mass is 32.1. The van der Waals surface area contributed by atoms with Crippen molar-refractivity contribution in [2.24, 2.45) is 0 Å². The van der Waals surface area contributed by atoms with E-state index in [1.165, 1.54) is 35.6 Å². The van der Waals surface area contributed by atoms with E-state index in [1.807, 2.05) is 6.07 Å². The third kappa shape index (κ3) is 6.23. The normalized spacial score (nSPS) is 11.1. The maximum Gasteiger partial charge on any atom is 0.573 e. The van der Waals surface area contributed by atoms with Gasteiger partial charge < -0.3 is 15.4 Å². The summed E-state index contributed by atoms with van der Waals surface area (Å²) in [7, 11) is 0. The van der Waals surface area contributed by atoms with Gasteiger partial charge >= 0.3 is 6.36 Å². The Bertz CT molecular complexity index is 915. The topological polar surface area (TPSA) is 76.1 Å². The minimum Gasteiger partial charge on any atom is -0.406 e. The Morgan fingerprint density at radius 1 is 1.18 bits per heavy atom. The Morgan fingerprint density at radius 2 is 1.96 bits per heavy atom. The highest BCUT2D eigenvalue weighted by Crippen LogP contribution is 2.26. The SMILES string of the molecule is O=C(Cc1csc(Nc2ccc(OC(F)(F)F)cc2)n1)NCc1cccnc1. The summed E-state index contributed by atoms with van der Waals surface area (Å²) in [6.07, 6.45) is -1.27. The molecule has 3 aromatic rings. The molecule has 3 rings (SSSR count). The molecule has 0 fully saturated rings. The molecule has 6 nitrogen and oxygen atoms in total. The van der Waals surface area contributed by atoms with E-state index in [9.17, 15) is 18.0 Å². The number of hydrogen-bond acceptors (Lipinski definition) is 6. The molecule has 1 amide bonds. The fourth-order valence-electron chi connectivity index (χ4n) is 2.24. The molecule has 0 saturated heterocycles. The molecule has 0 spiro atoms. The van der Waals surface area contributed by atoms with E-state index >= 15 is 0 Å². The second-order valence-electron chi connectivity index (χ2n) is 5.66. The summed E-state index contributed by atoms with van der Waals surface area (Å²) in [5, 5.41) is 8.04. The molecule has 0 radical (unpaired) electrons. The number of thiazole rings is 1. The molecule has 2 aromatic heterocycles. The van der Waals surface area contributed by atoms with Crippen molar-refractivity contribution in [2.75, 3.05) is 5.32 Å². The van der Waals surface area contributed by atoms with Crippen LogP contribution >= 0.6 is 11.3 Å². The third-order valence-corrected chi connectivity index (χ3v) is 4.25. The van der Waals surface area contributed by atoms with Gasteiger partial charge in [0, 0.05) is 30.0 Å². The van der Waals surface area contributed by atoms with E-state index in [2.05, 4.69) is 25.3 Å². The van der Waals surface area contributed by atoms with Gasteiger partial charge in [0.15, 0.2) is 5.13 Å². The highest BCUT2D eigenvalue weighted by Gasteiger charge is 2.30. The summed E-state index contributed by atoms with van der Waals surface area (Å²) in [6, 6.07) is 8.96. The fourth-order valence-corrected chi connectivity index (χ4v) is 2.97. The molecule has 0 bridgehead atoms. The van der Waals surface area contributed by atoms with Crippen LogP contribution in [0.25, 0.3) is 0 Å². The van der Waals surface area contributed by atoms with Gasteiger partial charge in [-0.1, -0.05) is 6.07 Å². The van der Waals surface area contributed by atoms with Crippen LogP contribution in [-0.4, -0.2) is 22.2 Å². The zero-order valence-corrected chi connectivity index (χ0v) is 15.2. The van der Waals surface area contributed by atoms with Crippen LogP contribution < -0.4 is 15.4 Å². The number of benzene rings is 1. The lowest BCUT2D eigenvalue weighted by Gasteiger charge is -2.09. The second kappa shape index (κ2) is 8.70. The van der Waals surface area contributed by atoms with Crippen molar-refractivity contribution in [1.82, 2.24) is 15.3 Å². The fraction of sp³-hybridized carbons (Fsp3) is 0.167. The lowest BCUT2D eigenvalue weighted by atomic mass is 10.2. The molecule has 0 aliphatic rings. The Balaban J connectivity index is 1.50. The lowest BCUT2D eigenvalue weighted by Crippen LogP contribution is -2.24. The monoisotopic (exact) mass is 408 g/mol. The number of hydrogen-bond donors (Lipinski definition) is 2. The molecule has 0 aliphatic heterocycles. The van der Waals surface area contributed by atoms with Crippen LogP contribution in [-0.2, 0) is 17.8 Å². The number of anilines is 2. The van der Waals surface area contributed by atoms with Gasteiger partial charge in [0.2, 0.25) is 5.91 Å². The zero-order valence-electron chi connectivity index (χ0n) is 14.4. The van der Waals surface area contributed by atoms with Crippen molar-refractivity contribution < 1.29 is 22.7 Å². The number of pyridine rings is 1. The first-order chi connectivity index (χ1) is 13.4.